The van der Waals surface area contributed by atoms with Crippen LogP contribution < -0.4 is 4.72 Å². The molecule has 1 rings (SSSR count). The summed E-state index contributed by atoms with van der Waals surface area (Å²) in [6.07, 6.45) is 0. The van der Waals surface area contributed by atoms with Crippen LogP contribution in [0.3, 0.4) is 0 Å². The van der Waals surface area contributed by atoms with E-state index in [2.05, 4.69) is 4.72 Å². The summed E-state index contributed by atoms with van der Waals surface area (Å²) in [4.78, 5) is 0. The summed E-state index contributed by atoms with van der Waals surface area (Å²) in [5.41, 5.74) is 1.53. The SMILES string of the molecule is CCS(=O)(=O)Nc1ccc(C(C)C)c(Cl)c1. The highest BCUT2D eigenvalue weighted by Gasteiger charge is 2.09. The zero-order valence-corrected chi connectivity index (χ0v) is 11.2. The van der Waals surface area contributed by atoms with Crippen LogP contribution in [0.4, 0.5) is 5.69 Å². The first-order valence-corrected chi connectivity index (χ1v) is 7.18. The van der Waals surface area contributed by atoms with E-state index in [-0.39, 0.29) is 5.75 Å². The van der Waals surface area contributed by atoms with Crippen molar-refractivity contribution in [2.24, 2.45) is 0 Å². The molecule has 16 heavy (non-hydrogen) atoms. The monoisotopic (exact) mass is 261 g/mol. The summed E-state index contributed by atoms with van der Waals surface area (Å²) >= 11 is 6.06. The zero-order valence-electron chi connectivity index (χ0n) is 9.62. The van der Waals surface area contributed by atoms with Crippen molar-refractivity contribution >= 4 is 27.3 Å². The van der Waals surface area contributed by atoms with E-state index in [0.717, 1.165) is 5.56 Å². The fourth-order valence-corrected chi connectivity index (χ4v) is 2.34. The molecule has 0 aromatic heterocycles. The van der Waals surface area contributed by atoms with E-state index in [1.54, 1.807) is 19.1 Å². The van der Waals surface area contributed by atoms with Gasteiger partial charge >= 0.3 is 0 Å². The van der Waals surface area contributed by atoms with Gasteiger partial charge in [0, 0.05) is 10.7 Å². The number of nitrogens with one attached hydrogen (secondary N) is 1. The Hall–Kier alpha value is -0.740. The van der Waals surface area contributed by atoms with Gasteiger partial charge in [0.15, 0.2) is 0 Å². The van der Waals surface area contributed by atoms with Crippen LogP contribution >= 0.6 is 11.6 Å². The van der Waals surface area contributed by atoms with Crippen molar-refractivity contribution in [2.75, 3.05) is 10.5 Å². The predicted molar refractivity (Wildman–Crippen MR) is 68.6 cm³/mol. The van der Waals surface area contributed by atoms with Gasteiger partial charge in [-0.1, -0.05) is 31.5 Å². The van der Waals surface area contributed by atoms with Crippen LogP contribution in [0.15, 0.2) is 18.2 Å². The second-order valence-electron chi connectivity index (χ2n) is 3.90. The minimum absolute atomic E-state index is 0.0521. The molecule has 0 aliphatic heterocycles. The van der Waals surface area contributed by atoms with E-state index >= 15 is 0 Å². The summed E-state index contributed by atoms with van der Waals surface area (Å²) in [6.45, 7) is 5.67. The Bertz CT molecular complexity index is 469. The number of anilines is 1. The Morgan fingerprint density at radius 3 is 2.44 bits per heavy atom. The van der Waals surface area contributed by atoms with Crippen molar-refractivity contribution in [3.05, 3.63) is 28.8 Å². The quantitative estimate of drug-likeness (QED) is 0.905. The predicted octanol–water partition coefficient (Wildman–Crippen LogP) is 3.23. The van der Waals surface area contributed by atoms with Crippen molar-refractivity contribution < 1.29 is 8.42 Å². The molecule has 0 unspecified atom stereocenters. The fourth-order valence-electron chi connectivity index (χ4n) is 1.31. The molecule has 0 saturated carbocycles. The molecule has 0 spiro atoms. The Kier molecular flexibility index (Phi) is 4.21. The van der Waals surface area contributed by atoms with Crippen molar-refractivity contribution in [2.45, 2.75) is 26.7 Å². The number of benzene rings is 1. The molecule has 5 heteroatoms. The lowest BCUT2D eigenvalue weighted by Gasteiger charge is -2.11. The normalized spacial score (nSPS) is 11.8. The van der Waals surface area contributed by atoms with E-state index in [0.29, 0.717) is 16.6 Å². The number of halogens is 1. The summed E-state index contributed by atoms with van der Waals surface area (Å²) in [7, 11) is -3.23. The van der Waals surface area contributed by atoms with Crippen LogP contribution in [-0.2, 0) is 10.0 Å². The van der Waals surface area contributed by atoms with Gasteiger partial charge in [0.05, 0.1) is 5.75 Å². The third-order valence-electron chi connectivity index (χ3n) is 2.28. The first-order chi connectivity index (χ1) is 7.35. The lowest BCUT2D eigenvalue weighted by Crippen LogP contribution is -2.14. The lowest BCUT2D eigenvalue weighted by molar-refractivity contribution is 0.602. The molecule has 90 valence electrons. The van der Waals surface area contributed by atoms with Crippen LogP contribution in [0.25, 0.3) is 0 Å². The number of rotatable bonds is 4. The number of sulfonamides is 1. The van der Waals surface area contributed by atoms with Gasteiger partial charge in [0.1, 0.15) is 0 Å². The number of hydrogen-bond donors (Lipinski definition) is 1. The molecule has 0 aliphatic rings. The van der Waals surface area contributed by atoms with Gasteiger partial charge in [-0.3, -0.25) is 4.72 Å². The van der Waals surface area contributed by atoms with Gasteiger partial charge in [0.25, 0.3) is 0 Å². The molecule has 3 nitrogen and oxygen atoms in total. The van der Waals surface area contributed by atoms with E-state index < -0.39 is 10.0 Å². The molecule has 1 aromatic rings. The Labute approximate surface area is 102 Å². The second kappa shape index (κ2) is 5.06. The average Bonchev–Trinajstić information content (AvgIpc) is 2.16. The molecule has 0 atom stereocenters. The smallest absolute Gasteiger partial charge is 0.232 e. The molecule has 0 aliphatic carbocycles. The van der Waals surface area contributed by atoms with Gasteiger partial charge in [-0.2, -0.15) is 0 Å². The van der Waals surface area contributed by atoms with E-state index in [1.807, 2.05) is 19.9 Å². The van der Waals surface area contributed by atoms with E-state index in [1.165, 1.54) is 0 Å². The first-order valence-electron chi connectivity index (χ1n) is 5.15. The molecule has 0 fully saturated rings. The maximum atomic E-state index is 11.3. The lowest BCUT2D eigenvalue weighted by atomic mass is 10.0. The fraction of sp³-hybridized carbons (Fsp3) is 0.455. The zero-order chi connectivity index (χ0) is 12.3. The van der Waals surface area contributed by atoms with Gasteiger partial charge in [0.2, 0.25) is 10.0 Å². The van der Waals surface area contributed by atoms with Gasteiger partial charge in [-0.25, -0.2) is 8.42 Å². The molecular weight excluding hydrogens is 246 g/mol. The molecule has 1 aromatic carbocycles. The van der Waals surface area contributed by atoms with Crippen LogP contribution in [0.5, 0.6) is 0 Å². The summed E-state index contributed by atoms with van der Waals surface area (Å²) in [6, 6.07) is 5.22. The minimum Gasteiger partial charge on any atom is -0.284 e. The summed E-state index contributed by atoms with van der Waals surface area (Å²) < 4.78 is 25.2. The largest absolute Gasteiger partial charge is 0.284 e. The Morgan fingerprint density at radius 2 is 2.00 bits per heavy atom. The molecule has 0 heterocycles. The molecule has 0 amide bonds. The van der Waals surface area contributed by atoms with Crippen molar-refractivity contribution in [1.29, 1.82) is 0 Å². The van der Waals surface area contributed by atoms with Crippen LogP contribution in [-0.4, -0.2) is 14.2 Å². The van der Waals surface area contributed by atoms with Crippen molar-refractivity contribution in [3.63, 3.8) is 0 Å². The van der Waals surface area contributed by atoms with Gasteiger partial charge in [-0.05, 0) is 30.5 Å². The second-order valence-corrected chi connectivity index (χ2v) is 6.31. The maximum absolute atomic E-state index is 11.3. The highest BCUT2D eigenvalue weighted by molar-refractivity contribution is 7.92. The molecular formula is C11H16ClNO2S. The minimum atomic E-state index is -3.23. The first kappa shape index (κ1) is 13.3. The Morgan fingerprint density at radius 1 is 1.38 bits per heavy atom. The molecule has 0 bridgehead atoms. The summed E-state index contributed by atoms with van der Waals surface area (Å²) in [5, 5.41) is 0.589. The average molecular weight is 262 g/mol. The number of hydrogen-bond acceptors (Lipinski definition) is 2. The van der Waals surface area contributed by atoms with Crippen LogP contribution in [0.2, 0.25) is 5.02 Å². The summed E-state index contributed by atoms with van der Waals surface area (Å²) in [5.74, 6) is 0.376. The van der Waals surface area contributed by atoms with Crippen molar-refractivity contribution in [3.8, 4) is 0 Å². The van der Waals surface area contributed by atoms with Gasteiger partial charge in [-0.15, -0.1) is 0 Å². The van der Waals surface area contributed by atoms with E-state index in [9.17, 15) is 8.42 Å². The van der Waals surface area contributed by atoms with Gasteiger partial charge < -0.3 is 0 Å². The van der Waals surface area contributed by atoms with E-state index in [4.69, 9.17) is 11.6 Å². The maximum Gasteiger partial charge on any atom is 0.232 e. The topological polar surface area (TPSA) is 46.2 Å². The molecule has 0 saturated heterocycles. The standard InChI is InChI=1S/C11H16ClNO2S/c1-4-16(14,15)13-9-5-6-10(8(2)3)11(12)7-9/h5-8,13H,4H2,1-3H3. The van der Waals surface area contributed by atoms with Crippen molar-refractivity contribution in [1.82, 2.24) is 0 Å². The third-order valence-corrected chi connectivity index (χ3v) is 3.91. The molecule has 1 N–H and O–H groups in total. The van der Waals surface area contributed by atoms with Crippen LogP contribution in [0, 0.1) is 0 Å². The third kappa shape index (κ3) is 3.39. The highest BCUT2D eigenvalue weighted by atomic mass is 35.5. The molecule has 0 radical (unpaired) electrons. The Balaban J connectivity index is 2.99. The van der Waals surface area contributed by atoms with Crippen LogP contribution in [0.1, 0.15) is 32.3 Å². The highest BCUT2D eigenvalue weighted by Crippen LogP contribution is 2.27.